The first kappa shape index (κ1) is 17.8. The number of fused-ring (bicyclic) bond motifs is 1. The van der Waals surface area contributed by atoms with E-state index in [2.05, 4.69) is 27.8 Å². The molecule has 1 atom stereocenters. The smallest absolute Gasteiger partial charge is 0.242 e. The van der Waals surface area contributed by atoms with Crippen LogP contribution in [0.1, 0.15) is 12.5 Å². The van der Waals surface area contributed by atoms with Gasteiger partial charge in [-0.05, 0) is 24.6 Å². The number of thiazole rings is 1. The van der Waals surface area contributed by atoms with E-state index in [0.29, 0.717) is 6.54 Å². The molecule has 0 aliphatic carbocycles. The summed E-state index contributed by atoms with van der Waals surface area (Å²) in [5.74, 6) is 1.87. The molecule has 0 saturated heterocycles. The summed E-state index contributed by atoms with van der Waals surface area (Å²) in [6.45, 7) is 2.53. The lowest BCUT2D eigenvalue weighted by atomic mass is 10.2. The zero-order chi connectivity index (χ0) is 17.5. The lowest BCUT2D eigenvalue weighted by Gasteiger charge is -2.13. The first-order valence-electron chi connectivity index (χ1n) is 8.24. The molecule has 0 aliphatic rings. The minimum Gasteiger partial charge on any atom is -0.353 e. The number of hydrogen-bond donors (Lipinski definition) is 2. The third-order valence-corrected chi connectivity index (χ3v) is 5.68. The molecular weight excluding hydrogens is 350 g/mol. The molecule has 0 spiro atoms. The Morgan fingerprint density at radius 1 is 1.16 bits per heavy atom. The molecule has 1 amide bonds. The number of para-hydroxylation sites is 1. The molecule has 25 heavy (non-hydrogen) atoms. The summed E-state index contributed by atoms with van der Waals surface area (Å²) in [4.78, 5) is 16.7. The van der Waals surface area contributed by atoms with Crippen molar-refractivity contribution in [2.75, 3.05) is 17.6 Å². The molecule has 2 N–H and O–H groups in total. The van der Waals surface area contributed by atoms with E-state index in [9.17, 15) is 4.79 Å². The second-order valence-electron chi connectivity index (χ2n) is 5.68. The highest BCUT2D eigenvalue weighted by Gasteiger charge is 2.14. The zero-order valence-electron chi connectivity index (χ0n) is 14.1. The second kappa shape index (κ2) is 8.87. The highest BCUT2D eigenvalue weighted by Crippen LogP contribution is 2.25. The summed E-state index contributed by atoms with van der Waals surface area (Å²) in [5.41, 5.74) is 2.27. The van der Waals surface area contributed by atoms with E-state index in [1.54, 1.807) is 11.3 Å². The zero-order valence-corrected chi connectivity index (χ0v) is 15.7. The van der Waals surface area contributed by atoms with Crippen LogP contribution in [0.4, 0.5) is 5.13 Å². The molecule has 0 unspecified atom stereocenters. The van der Waals surface area contributed by atoms with Gasteiger partial charge in [-0.1, -0.05) is 53.8 Å². The van der Waals surface area contributed by atoms with Gasteiger partial charge in [0, 0.05) is 18.1 Å². The molecule has 3 rings (SSSR count). The van der Waals surface area contributed by atoms with Gasteiger partial charge in [0.25, 0.3) is 0 Å². The number of hydrogen-bond acceptors (Lipinski definition) is 5. The van der Waals surface area contributed by atoms with Crippen molar-refractivity contribution in [2.24, 2.45) is 0 Å². The van der Waals surface area contributed by atoms with Crippen LogP contribution in [-0.4, -0.2) is 29.2 Å². The van der Waals surface area contributed by atoms with Crippen LogP contribution in [0.25, 0.3) is 10.2 Å². The number of thioether (sulfide) groups is 1. The standard InChI is InChI=1S/C19H21N3OS2/c1-14(21-19-22-16-9-5-6-10-17(16)25-19)18(23)20-11-12-24-13-15-7-3-2-4-8-15/h2-10,14H,11-13H2,1H3,(H,20,23)(H,21,22)/t14-/m1/s1. The van der Waals surface area contributed by atoms with Crippen molar-refractivity contribution in [1.82, 2.24) is 10.3 Å². The van der Waals surface area contributed by atoms with E-state index < -0.39 is 0 Å². The first-order valence-corrected chi connectivity index (χ1v) is 10.2. The number of nitrogens with one attached hydrogen (secondary N) is 2. The summed E-state index contributed by atoms with van der Waals surface area (Å²) in [7, 11) is 0. The molecule has 0 fully saturated rings. The van der Waals surface area contributed by atoms with Crippen LogP contribution in [0.15, 0.2) is 54.6 Å². The molecule has 0 saturated carbocycles. The molecule has 2 aromatic carbocycles. The topological polar surface area (TPSA) is 54.0 Å². The van der Waals surface area contributed by atoms with Gasteiger partial charge in [-0.15, -0.1) is 0 Å². The predicted molar refractivity (Wildman–Crippen MR) is 108 cm³/mol. The van der Waals surface area contributed by atoms with Crippen LogP contribution in [0.3, 0.4) is 0 Å². The lowest BCUT2D eigenvalue weighted by molar-refractivity contribution is -0.121. The number of anilines is 1. The van der Waals surface area contributed by atoms with Gasteiger partial charge >= 0.3 is 0 Å². The number of aromatic nitrogens is 1. The Labute approximate surface area is 156 Å². The average Bonchev–Trinajstić information content (AvgIpc) is 3.04. The Balaban J connectivity index is 1.38. The number of carbonyl (C=O) groups excluding carboxylic acids is 1. The van der Waals surface area contributed by atoms with Crippen LogP contribution < -0.4 is 10.6 Å². The van der Waals surface area contributed by atoms with Gasteiger partial charge in [-0.25, -0.2) is 4.98 Å². The average molecular weight is 372 g/mol. The van der Waals surface area contributed by atoms with E-state index in [0.717, 1.165) is 26.9 Å². The van der Waals surface area contributed by atoms with E-state index in [1.165, 1.54) is 5.56 Å². The summed E-state index contributed by atoms with van der Waals surface area (Å²) in [6, 6.07) is 18.0. The SMILES string of the molecule is C[C@@H](Nc1nc2ccccc2s1)C(=O)NCCSCc1ccccc1. The number of benzene rings is 2. The molecule has 0 radical (unpaired) electrons. The van der Waals surface area contributed by atoms with Gasteiger partial charge in [0.2, 0.25) is 5.91 Å². The van der Waals surface area contributed by atoms with Crippen molar-refractivity contribution in [3.05, 3.63) is 60.2 Å². The number of amides is 1. The summed E-state index contributed by atoms with van der Waals surface area (Å²) in [6.07, 6.45) is 0. The fraction of sp³-hybridized carbons (Fsp3) is 0.263. The quantitative estimate of drug-likeness (QED) is 0.584. The monoisotopic (exact) mass is 371 g/mol. The molecule has 0 aliphatic heterocycles. The molecule has 4 nitrogen and oxygen atoms in total. The fourth-order valence-corrected chi connectivity index (χ4v) is 4.12. The van der Waals surface area contributed by atoms with Crippen LogP contribution in [0.5, 0.6) is 0 Å². The third-order valence-electron chi connectivity index (χ3n) is 3.68. The largest absolute Gasteiger partial charge is 0.353 e. The molecule has 0 bridgehead atoms. The van der Waals surface area contributed by atoms with Crippen molar-refractivity contribution >= 4 is 44.4 Å². The highest BCUT2D eigenvalue weighted by atomic mass is 32.2. The maximum atomic E-state index is 12.2. The van der Waals surface area contributed by atoms with Gasteiger partial charge in [-0.3, -0.25) is 4.79 Å². The van der Waals surface area contributed by atoms with Crippen molar-refractivity contribution in [2.45, 2.75) is 18.7 Å². The molecular formula is C19H21N3OS2. The minimum absolute atomic E-state index is 0.000401. The van der Waals surface area contributed by atoms with Gasteiger partial charge < -0.3 is 10.6 Å². The first-order chi connectivity index (χ1) is 12.2. The maximum absolute atomic E-state index is 12.2. The minimum atomic E-state index is -0.306. The van der Waals surface area contributed by atoms with Crippen LogP contribution in [0, 0.1) is 0 Å². The van der Waals surface area contributed by atoms with Gasteiger partial charge in [0.05, 0.1) is 10.2 Å². The van der Waals surface area contributed by atoms with Crippen molar-refractivity contribution in [3.63, 3.8) is 0 Å². The Bertz CT molecular complexity index is 787. The Morgan fingerprint density at radius 3 is 2.72 bits per heavy atom. The van der Waals surface area contributed by atoms with Crippen molar-refractivity contribution in [1.29, 1.82) is 0 Å². The summed E-state index contributed by atoms with van der Waals surface area (Å²) >= 11 is 3.39. The molecule has 3 aromatic rings. The van der Waals surface area contributed by atoms with E-state index in [4.69, 9.17) is 0 Å². The Hall–Kier alpha value is -2.05. The maximum Gasteiger partial charge on any atom is 0.242 e. The molecule has 130 valence electrons. The predicted octanol–water partition coefficient (Wildman–Crippen LogP) is 4.15. The normalized spacial score (nSPS) is 12.0. The lowest BCUT2D eigenvalue weighted by Crippen LogP contribution is -2.38. The molecule has 6 heteroatoms. The summed E-state index contributed by atoms with van der Waals surface area (Å²) in [5, 5.41) is 6.94. The Morgan fingerprint density at radius 2 is 1.92 bits per heavy atom. The second-order valence-corrected chi connectivity index (χ2v) is 7.82. The summed E-state index contributed by atoms with van der Waals surface area (Å²) < 4.78 is 1.12. The van der Waals surface area contributed by atoms with Gasteiger partial charge in [-0.2, -0.15) is 11.8 Å². The van der Waals surface area contributed by atoms with Gasteiger partial charge in [0.1, 0.15) is 6.04 Å². The van der Waals surface area contributed by atoms with E-state index >= 15 is 0 Å². The van der Waals surface area contributed by atoms with Crippen LogP contribution in [-0.2, 0) is 10.5 Å². The third kappa shape index (κ3) is 5.21. The van der Waals surface area contributed by atoms with E-state index in [1.807, 2.05) is 61.2 Å². The van der Waals surface area contributed by atoms with E-state index in [-0.39, 0.29) is 11.9 Å². The van der Waals surface area contributed by atoms with Crippen molar-refractivity contribution in [3.8, 4) is 0 Å². The fourth-order valence-electron chi connectivity index (χ4n) is 2.35. The number of nitrogens with zero attached hydrogens (tertiary/aromatic N) is 1. The highest BCUT2D eigenvalue weighted by molar-refractivity contribution is 7.98. The van der Waals surface area contributed by atoms with Gasteiger partial charge in [0.15, 0.2) is 5.13 Å². The molecule has 1 aromatic heterocycles. The Kier molecular flexibility index (Phi) is 6.30. The van der Waals surface area contributed by atoms with Crippen molar-refractivity contribution < 1.29 is 4.79 Å². The number of rotatable bonds is 8. The van der Waals surface area contributed by atoms with Crippen LogP contribution in [0.2, 0.25) is 0 Å². The number of carbonyl (C=O) groups is 1. The molecule has 1 heterocycles. The van der Waals surface area contributed by atoms with Crippen LogP contribution >= 0.6 is 23.1 Å².